The van der Waals surface area contributed by atoms with E-state index in [0.29, 0.717) is 22.9 Å². The van der Waals surface area contributed by atoms with Crippen molar-refractivity contribution in [2.45, 2.75) is 0 Å². The Morgan fingerprint density at radius 1 is 0.964 bits per heavy atom. The lowest BCUT2D eigenvalue weighted by Crippen LogP contribution is -2.33. The molecule has 0 aliphatic heterocycles. The number of rotatable bonds is 8. The number of amides is 2. The highest BCUT2D eigenvalue weighted by Gasteiger charge is 2.11. The molecule has 7 heteroatoms. The van der Waals surface area contributed by atoms with Gasteiger partial charge in [0.2, 0.25) is 11.8 Å². The molecule has 0 aliphatic rings. The zero-order chi connectivity index (χ0) is 20.5. The smallest absolute Gasteiger partial charge is 0.246 e. The van der Waals surface area contributed by atoms with Crippen LogP contribution in [0, 0.1) is 0 Å². The summed E-state index contributed by atoms with van der Waals surface area (Å²) in [5.74, 6) is 1.30. The van der Waals surface area contributed by atoms with E-state index in [1.54, 1.807) is 70.9 Å². The first kappa shape index (κ1) is 20.8. The summed E-state index contributed by atoms with van der Waals surface area (Å²) in [7, 11) is 6.24. The highest BCUT2D eigenvalue weighted by atomic mass is 16.5. The van der Waals surface area contributed by atoms with E-state index < -0.39 is 0 Å². The fraction of sp³-hybridized carbons (Fsp3) is 0.238. The molecule has 0 fully saturated rings. The van der Waals surface area contributed by atoms with E-state index in [4.69, 9.17) is 14.2 Å². The number of ether oxygens (including phenoxy) is 3. The highest BCUT2D eigenvalue weighted by Crippen LogP contribution is 2.27. The number of anilines is 1. The van der Waals surface area contributed by atoms with E-state index in [-0.39, 0.29) is 18.4 Å². The Morgan fingerprint density at radius 2 is 1.64 bits per heavy atom. The number of hydrogen-bond acceptors (Lipinski definition) is 5. The minimum absolute atomic E-state index is 0.0683. The van der Waals surface area contributed by atoms with E-state index >= 15 is 0 Å². The molecule has 2 amide bonds. The summed E-state index contributed by atoms with van der Waals surface area (Å²) in [5, 5.41) is 2.74. The second-order valence-electron chi connectivity index (χ2n) is 5.92. The minimum Gasteiger partial charge on any atom is -0.497 e. The predicted octanol–water partition coefficient (Wildman–Crippen LogP) is 2.82. The van der Waals surface area contributed by atoms with Crippen LogP contribution in [0.25, 0.3) is 6.08 Å². The van der Waals surface area contributed by atoms with Gasteiger partial charge in [0.25, 0.3) is 0 Å². The molecule has 1 N–H and O–H groups in total. The van der Waals surface area contributed by atoms with Gasteiger partial charge >= 0.3 is 0 Å². The third-order valence-corrected chi connectivity index (χ3v) is 3.96. The molecule has 2 aromatic rings. The molecule has 0 saturated carbocycles. The Kier molecular flexibility index (Phi) is 7.45. The first-order valence-electron chi connectivity index (χ1n) is 8.56. The topological polar surface area (TPSA) is 77.1 Å². The lowest BCUT2D eigenvalue weighted by molar-refractivity contribution is -0.129. The van der Waals surface area contributed by atoms with Crippen LogP contribution in [0.5, 0.6) is 17.2 Å². The second kappa shape index (κ2) is 10.0. The fourth-order valence-corrected chi connectivity index (χ4v) is 2.42. The Bertz CT molecular complexity index is 846. The Hall–Kier alpha value is -3.48. The van der Waals surface area contributed by atoms with Crippen molar-refractivity contribution in [1.82, 2.24) is 4.90 Å². The van der Waals surface area contributed by atoms with Crippen molar-refractivity contribution in [3.8, 4) is 17.2 Å². The van der Waals surface area contributed by atoms with Crippen LogP contribution in [0.3, 0.4) is 0 Å². The molecule has 0 heterocycles. The van der Waals surface area contributed by atoms with Crippen LogP contribution in [0.15, 0.2) is 48.5 Å². The summed E-state index contributed by atoms with van der Waals surface area (Å²) in [6, 6.07) is 12.3. The molecule has 2 rings (SSSR count). The predicted molar refractivity (Wildman–Crippen MR) is 108 cm³/mol. The molecule has 0 aliphatic carbocycles. The van der Waals surface area contributed by atoms with Gasteiger partial charge < -0.3 is 24.4 Å². The summed E-state index contributed by atoms with van der Waals surface area (Å²) in [6.07, 6.45) is 3.06. The van der Waals surface area contributed by atoms with Crippen molar-refractivity contribution in [1.29, 1.82) is 0 Å². The van der Waals surface area contributed by atoms with Gasteiger partial charge in [0.05, 0.1) is 27.9 Å². The van der Waals surface area contributed by atoms with Crippen LogP contribution in [0.4, 0.5) is 5.69 Å². The van der Waals surface area contributed by atoms with Gasteiger partial charge in [-0.2, -0.15) is 0 Å². The number of likely N-dealkylation sites (N-methyl/N-ethyl adjacent to an activating group) is 1. The van der Waals surface area contributed by atoms with Crippen molar-refractivity contribution in [2.24, 2.45) is 0 Å². The zero-order valence-electron chi connectivity index (χ0n) is 16.4. The molecule has 0 aromatic heterocycles. The van der Waals surface area contributed by atoms with E-state index in [1.807, 2.05) is 6.07 Å². The number of carbonyl (C=O) groups excluding carboxylic acids is 2. The number of benzene rings is 2. The van der Waals surface area contributed by atoms with Crippen LogP contribution in [-0.4, -0.2) is 51.6 Å². The number of nitrogens with one attached hydrogen (secondary N) is 1. The summed E-state index contributed by atoms with van der Waals surface area (Å²) in [6.45, 7) is -0.0683. The van der Waals surface area contributed by atoms with Gasteiger partial charge in [0, 0.05) is 18.8 Å². The van der Waals surface area contributed by atoms with Crippen molar-refractivity contribution in [3.05, 3.63) is 54.1 Å². The van der Waals surface area contributed by atoms with Crippen molar-refractivity contribution in [3.63, 3.8) is 0 Å². The van der Waals surface area contributed by atoms with Gasteiger partial charge in [0.1, 0.15) is 5.75 Å². The van der Waals surface area contributed by atoms with Crippen LogP contribution >= 0.6 is 0 Å². The molecule has 0 spiro atoms. The third kappa shape index (κ3) is 5.77. The average molecular weight is 384 g/mol. The van der Waals surface area contributed by atoms with Crippen molar-refractivity contribution < 1.29 is 23.8 Å². The summed E-state index contributed by atoms with van der Waals surface area (Å²) in [5.41, 5.74) is 1.41. The molecule has 28 heavy (non-hydrogen) atoms. The van der Waals surface area contributed by atoms with Crippen molar-refractivity contribution >= 4 is 23.6 Å². The minimum atomic E-state index is -0.292. The van der Waals surface area contributed by atoms with E-state index in [1.165, 1.54) is 11.0 Å². The molecule has 148 valence electrons. The number of nitrogens with zero attached hydrogens (tertiary/aromatic N) is 1. The Balaban J connectivity index is 1.92. The third-order valence-electron chi connectivity index (χ3n) is 3.96. The Labute approximate surface area is 164 Å². The summed E-state index contributed by atoms with van der Waals surface area (Å²) >= 11 is 0. The molecule has 0 radical (unpaired) electrons. The summed E-state index contributed by atoms with van der Waals surface area (Å²) in [4.78, 5) is 25.7. The first-order valence-corrected chi connectivity index (χ1v) is 8.56. The van der Waals surface area contributed by atoms with Gasteiger partial charge in [-0.05, 0) is 48.0 Å². The zero-order valence-corrected chi connectivity index (χ0v) is 16.4. The number of methoxy groups -OCH3 is 3. The molecular formula is C21H24N2O5. The monoisotopic (exact) mass is 384 g/mol. The van der Waals surface area contributed by atoms with Crippen LogP contribution in [0.2, 0.25) is 0 Å². The molecule has 0 atom stereocenters. The average Bonchev–Trinajstić information content (AvgIpc) is 2.72. The van der Waals surface area contributed by atoms with E-state index in [2.05, 4.69) is 5.32 Å². The van der Waals surface area contributed by atoms with Gasteiger partial charge in [-0.3, -0.25) is 9.59 Å². The van der Waals surface area contributed by atoms with Gasteiger partial charge in [0.15, 0.2) is 11.5 Å². The maximum atomic E-state index is 12.3. The first-order chi connectivity index (χ1) is 13.5. The normalized spacial score (nSPS) is 10.4. The largest absolute Gasteiger partial charge is 0.497 e. The second-order valence-corrected chi connectivity index (χ2v) is 5.92. The lowest BCUT2D eigenvalue weighted by Gasteiger charge is -2.15. The fourth-order valence-electron chi connectivity index (χ4n) is 2.42. The maximum absolute atomic E-state index is 12.3. The van der Waals surface area contributed by atoms with Gasteiger partial charge in [-0.1, -0.05) is 6.07 Å². The van der Waals surface area contributed by atoms with E-state index in [0.717, 1.165) is 5.56 Å². The standard InChI is InChI=1S/C21H24N2O5/c1-23(14-20(24)22-16-7-9-17(26-2)10-8-16)21(25)12-6-15-5-11-18(27-3)19(13-15)28-4/h5-13H,14H2,1-4H3,(H,22,24)/b12-6+. The Morgan fingerprint density at radius 3 is 2.25 bits per heavy atom. The quantitative estimate of drug-likeness (QED) is 0.708. The molecule has 0 unspecified atom stereocenters. The molecule has 7 nitrogen and oxygen atoms in total. The number of carbonyl (C=O) groups is 2. The number of hydrogen-bond donors (Lipinski definition) is 1. The molecule has 2 aromatic carbocycles. The maximum Gasteiger partial charge on any atom is 0.246 e. The van der Waals surface area contributed by atoms with Crippen LogP contribution < -0.4 is 19.5 Å². The van der Waals surface area contributed by atoms with Crippen LogP contribution in [0.1, 0.15) is 5.56 Å². The molecule has 0 bridgehead atoms. The van der Waals surface area contributed by atoms with Crippen molar-refractivity contribution in [2.75, 3.05) is 40.2 Å². The SMILES string of the molecule is COc1ccc(NC(=O)CN(C)C(=O)/C=C/c2ccc(OC)c(OC)c2)cc1. The molecule has 0 saturated heterocycles. The molecular weight excluding hydrogens is 360 g/mol. The lowest BCUT2D eigenvalue weighted by atomic mass is 10.2. The summed E-state index contributed by atoms with van der Waals surface area (Å²) < 4.78 is 15.5. The van der Waals surface area contributed by atoms with E-state index in [9.17, 15) is 9.59 Å². The van der Waals surface area contributed by atoms with Gasteiger partial charge in [-0.15, -0.1) is 0 Å². The van der Waals surface area contributed by atoms with Gasteiger partial charge in [-0.25, -0.2) is 0 Å². The van der Waals surface area contributed by atoms with Crippen LogP contribution in [-0.2, 0) is 9.59 Å². The highest BCUT2D eigenvalue weighted by molar-refractivity contribution is 5.97.